The van der Waals surface area contributed by atoms with E-state index in [0.717, 1.165) is 12.1 Å². The quantitative estimate of drug-likeness (QED) is 0.569. The van der Waals surface area contributed by atoms with Crippen molar-refractivity contribution >= 4 is 33.7 Å². The van der Waals surface area contributed by atoms with Crippen LogP contribution in [0.4, 0.5) is 13.2 Å². The summed E-state index contributed by atoms with van der Waals surface area (Å²) in [5.74, 6) is 0. The van der Waals surface area contributed by atoms with E-state index in [1.807, 2.05) is 0 Å². The molecule has 0 aliphatic carbocycles. The average molecular weight is 283 g/mol. The van der Waals surface area contributed by atoms with Crippen molar-refractivity contribution < 1.29 is 13.2 Å². The fourth-order valence-corrected chi connectivity index (χ4v) is 1.99. The Morgan fingerprint density at radius 2 is 1.37 bits per heavy atom. The van der Waals surface area contributed by atoms with Crippen LogP contribution in [0.5, 0.6) is 0 Å². The average Bonchev–Trinajstić information content (AvgIpc) is 2.34. The number of aromatic nitrogens is 2. The van der Waals surface area contributed by atoms with Crippen molar-refractivity contribution in [3.8, 4) is 0 Å². The predicted molar refractivity (Wildman–Crippen MR) is 67.1 cm³/mol. The largest absolute Gasteiger partial charge is 0.416 e. The molecule has 3 aromatic rings. The van der Waals surface area contributed by atoms with Crippen molar-refractivity contribution in [2.24, 2.45) is 0 Å². The molecule has 2 nitrogen and oxygen atoms in total. The Bertz CT molecular complexity index is 784. The van der Waals surface area contributed by atoms with Crippen molar-refractivity contribution in [2.45, 2.75) is 6.18 Å². The van der Waals surface area contributed by atoms with Gasteiger partial charge in [-0.1, -0.05) is 11.6 Å². The molecule has 1 heterocycles. The highest BCUT2D eigenvalue weighted by Gasteiger charge is 2.30. The summed E-state index contributed by atoms with van der Waals surface area (Å²) in [5, 5.41) is 0.507. The van der Waals surface area contributed by atoms with Gasteiger partial charge in [-0.2, -0.15) is 13.2 Å². The molecule has 0 amide bonds. The molecule has 2 aromatic carbocycles. The highest BCUT2D eigenvalue weighted by molar-refractivity contribution is 6.31. The molecule has 0 bridgehead atoms. The van der Waals surface area contributed by atoms with Crippen molar-refractivity contribution in [3.05, 3.63) is 47.0 Å². The fourth-order valence-electron chi connectivity index (χ4n) is 1.82. The highest BCUT2D eigenvalue weighted by Crippen LogP contribution is 2.31. The van der Waals surface area contributed by atoms with E-state index < -0.39 is 11.7 Å². The molecule has 3 rings (SSSR count). The van der Waals surface area contributed by atoms with Crippen LogP contribution in [-0.4, -0.2) is 9.97 Å². The predicted octanol–water partition coefficient (Wildman–Crippen LogP) is 4.46. The summed E-state index contributed by atoms with van der Waals surface area (Å²) in [6.45, 7) is 0. The summed E-state index contributed by atoms with van der Waals surface area (Å²) >= 11 is 5.84. The fraction of sp³-hybridized carbons (Fsp3) is 0.0769. The van der Waals surface area contributed by atoms with E-state index in [-0.39, 0.29) is 5.52 Å². The third-order valence-corrected chi connectivity index (χ3v) is 2.96. The smallest absolute Gasteiger partial charge is 0.244 e. The maximum Gasteiger partial charge on any atom is 0.416 e. The maximum absolute atomic E-state index is 12.6. The molecular formula is C13H6ClF3N2. The molecule has 1 aromatic heterocycles. The molecule has 0 aliphatic rings. The first-order valence-corrected chi connectivity index (χ1v) is 5.75. The lowest BCUT2D eigenvalue weighted by Crippen LogP contribution is -2.04. The van der Waals surface area contributed by atoms with Crippen molar-refractivity contribution in [2.75, 3.05) is 0 Å². The molecule has 19 heavy (non-hydrogen) atoms. The van der Waals surface area contributed by atoms with Crippen molar-refractivity contribution in [1.82, 2.24) is 9.97 Å². The second-order valence-corrected chi connectivity index (χ2v) is 4.49. The van der Waals surface area contributed by atoms with E-state index in [1.54, 1.807) is 18.2 Å². The van der Waals surface area contributed by atoms with Crippen LogP contribution in [0.1, 0.15) is 5.56 Å². The van der Waals surface area contributed by atoms with Crippen LogP contribution in [0.3, 0.4) is 0 Å². The van der Waals surface area contributed by atoms with Crippen LogP contribution >= 0.6 is 11.6 Å². The Kier molecular flexibility index (Phi) is 2.60. The van der Waals surface area contributed by atoms with Gasteiger partial charge in [0.15, 0.2) is 0 Å². The van der Waals surface area contributed by atoms with E-state index in [2.05, 4.69) is 9.97 Å². The molecule has 0 saturated heterocycles. The Morgan fingerprint density at radius 1 is 0.789 bits per heavy atom. The van der Waals surface area contributed by atoms with Crippen LogP contribution in [0.25, 0.3) is 22.1 Å². The Labute approximate surface area is 110 Å². The van der Waals surface area contributed by atoms with Gasteiger partial charge in [0.25, 0.3) is 0 Å². The van der Waals surface area contributed by atoms with Gasteiger partial charge < -0.3 is 0 Å². The minimum absolute atomic E-state index is 0.213. The first kappa shape index (κ1) is 12.2. The first-order chi connectivity index (χ1) is 8.93. The minimum atomic E-state index is -4.38. The number of halogens is 4. The van der Waals surface area contributed by atoms with Gasteiger partial charge >= 0.3 is 6.18 Å². The Morgan fingerprint density at radius 3 is 2.00 bits per heavy atom. The Balaban J connectivity index is 2.29. The molecule has 0 spiro atoms. The zero-order chi connectivity index (χ0) is 13.6. The number of fused-ring (bicyclic) bond motifs is 2. The molecule has 0 N–H and O–H groups in total. The van der Waals surface area contributed by atoms with E-state index >= 15 is 0 Å². The molecule has 0 fully saturated rings. The molecule has 0 saturated carbocycles. The second kappa shape index (κ2) is 4.06. The van der Waals surface area contributed by atoms with Crippen molar-refractivity contribution in [1.29, 1.82) is 0 Å². The van der Waals surface area contributed by atoms with Crippen LogP contribution in [-0.2, 0) is 6.18 Å². The van der Waals surface area contributed by atoms with Crippen LogP contribution in [0.2, 0.25) is 5.02 Å². The summed E-state index contributed by atoms with van der Waals surface area (Å²) in [6.07, 6.45) is -4.38. The summed E-state index contributed by atoms with van der Waals surface area (Å²) < 4.78 is 37.9. The van der Waals surface area contributed by atoms with Gasteiger partial charge in [-0.25, -0.2) is 9.97 Å². The van der Waals surface area contributed by atoms with Crippen molar-refractivity contribution in [3.63, 3.8) is 0 Å². The number of rotatable bonds is 0. The molecule has 0 atom stereocenters. The van der Waals surface area contributed by atoms with Gasteiger partial charge in [-0.3, -0.25) is 0 Å². The first-order valence-electron chi connectivity index (χ1n) is 5.38. The van der Waals surface area contributed by atoms with E-state index in [1.165, 1.54) is 6.07 Å². The molecule has 0 radical (unpaired) electrons. The number of hydrogen-bond acceptors (Lipinski definition) is 2. The van der Waals surface area contributed by atoms with Crippen LogP contribution < -0.4 is 0 Å². The van der Waals surface area contributed by atoms with E-state index in [0.29, 0.717) is 21.6 Å². The maximum atomic E-state index is 12.6. The van der Waals surface area contributed by atoms with Gasteiger partial charge in [0.1, 0.15) is 0 Å². The van der Waals surface area contributed by atoms with Crippen LogP contribution in [0, 0.1) is 0 Å². The normalized spacial score (nSPS) is 12.2. The number of benzene rings is 2. The Hall–Kier alpha value is -1.88. The third kappa shape index (κ3) is 2.21. The summed E-state index contributed by atoms with van der Waals surface area (Å²) in [7, 11) is 0. The molecule has 0 aliphatic heterocycles. The molecular weight excluding hydrogens is 277 g/mol. The van der Waals surface area contributed by atoms with Gasteiger partial charge in [-0.05, 0) is 36.4 Å². The van der Waals surface area contributed by atoms with Gasteiger partial charge in [0.2, 0.25) is 0 Å². The lowest BCUT2D eigenvalue weighted by Gasteiger charge is -2.07. The van der Waals surface area contributed by atoms with E-state index in [4.69, 9.17) is 11.6 Å². The summed E-state index contributed by atoms with van der Waals surface area (Å²) in [6, 6.07) is 8.18. The van der Waals surface area contributed by atoms with Crippen LogP contribution in [0.15, 0.2) is 36.4 Å². The zero-order valence-corrected chi connectivity index (χ0v) is 10.1. The second-order valence-electron chi connectivity index (χ2n) is 4.06. The minimum Gasteiger partial charge on any atom is -0.244 e. The lowest BCUT2D eigenvalue weighted by molar-refractivity contribution is -0.137. The SMILES string of the molecule is FC(F)(F)c1ccc2nc3cc(Cl)ccc3nc2c1. The number of nitrogens with zero attached hydrogens (tertiary/aromatic N) is 2. The van der Waals surface area contributed by atoms with Gasteiger partial charge in [-0.15, -0.1) is 0 Å². The number of hydrogen-bond donors (Lipinski definition) is 0. The monoisotopic (exact) mass is 282 g/mol. The topological polar surface area (TPSA) is 25.8 Å². The summed E-state index contributed by atoms with van der Waals surface area (Å²) in [4.78, 5) is 8.42. The zero-order valence-electron chi connectivity index (χ0n) is 9.37. The molecule has 6 heteroatoms. The molecule has 0 unspecified atom stereocenters. The molecule has 96 valence electrons. The van der Waals surface area contributed by atoms with E-state index in [9.17, 15) is 13.2 Å². The third-order valence-electron chi connectivity index (χ3n) is 2.72. The highest BCUT2D eigenvalue weighted by atomic mass is 35.5. The van der Waals surface area contributed by atoms with Gasteiger partial charge in [0, 0.05) is 5.02 Å². The summed E-state index contributed by atoms with van der Waals surface area (Å²) in [5.41, 5.74) is 0.950. The lowest BCUT2D eigenvalue weighted by atomic mass is 10.2. The number of alkyl halides is 3. The van der Waals surface area contributed by atoms with Gasteiger partial charge in [0.05, 0.1) is 27.6 Å². The standard InChI is InChI=1S/C13H6ClF3N2/c14-8-2-4-10-12(6-8)19-9-3-1-7(13(15,16)17)5-11(9)18-10/h1-6H.